The topological polar surface area (TPSA) is 42.4 Å². The van der Waals surface area contributed by atoms with Gasteiger partial charge in [-0.05, 0) is 31.7 Å². The molecule has 1 aromatic rings. The van der Waals surface area contributed by atoms with Gasteiger partial charge in [0, 0.05) is 25.4 Å². The minimum absolute atomic E-state index is 0.0274. The van der Waals surface area contributed by atoms with Gasteiger partial charge in [-0.3, -0.25) is 4.79 Å². The van der Waals surface area contributed by atoms with E-state index >= 15 is 0 Å². The van der Waals surface area contributed by atoms with Crippen LogP contribution in [0.2, 0.25) is 0 Å². The van der Waals surface area contributed by atoms with Crippen molar-refractivity contribution in [1.82, 2.24) is 9.88 Å². The standard InChI is InChI=1S/C13H18N2O2/c1-9(10-4-5-10)15(2)13(16)11-6-7-12(17-3)14-8-11/h6-10H,4-5H2,1-3H3. The summed E-state index contributed by atoms with van der Waals surface area (Å²) in [7, 11) is 3.42. The molecule has 1 aromatic heterocycles. The molecule has 1 aliphatic carbocycles. The van der Waals surface area contributed by atoms with Crippen molar-refractivity contribution >= 4 is 5.91 Å². The van der Waals surface area contributed by atoms with E-state index in [0.717, 1.165) is 0 Å². The average Bonchev–Trinajstić information content (AvgIpc) is 3.20. The van der Waals surface area contributed by atoms with E-state index in [2.05, 4.69) is 11.9 Å². The highest BCUT2D eigenvalue weighted by Crippen LogP contribution is 2.35. The number of rotatable bonds is 4. The molecule has 4 heteroatoms. The first-order valence-electron chi connectivity index (χ1n) is 5.90. The van der Waals surface area contributed by atoms with Crippen molar-refractivity contribution < 1.29 is 9.53 Å². The zero-order chi connectivity index (χ0) is 12.4. The number of hydrogen-bond donors (Lipinski definition) is 0. The molecule has 1 saturated carbocycles. The van der Waals surface area contributed by atoms with Gasteiger partial charge in [0.15, 0.2) is 0 Å². The summed E-state index contributed by atoms with van der Waals surface area (Å²) in [6.07, 6.45) is 4.04. The smallest absolute Gasteiger partial charge is 0.255 e. The van der Waals surface area contributed by atoms with E-state index in [0.29, 0.717) is 23.4 Å². The Morgan fingerprint density at radius 2 is 2.24 bits per heavy atom. The zero-order valence-corrected chi connectivity index (χ0v) is 10.5. The van der Waals surface area contributed by atoms with E-state index in [1.807, 2.05) is 7.05 Å². The van der Waals surface area contributed by atoms with E-state index in [4.69, 9.17) is 4.74 Å². The SMILES string of the molecule is COc1ccc(C(=O)N(C)C(C)C2CC2)cn1. The average molecular weight is 234 g/mol. The van der Waals surface area contributed by atoms with Crippen LogP contribution in [0.3, 0.4) is 0 Å². The molecule has 0 bridgehead atoms. The molecule has 4 nitrogen and oxygen atoms in total. The van der Waals surface area contributed by atoms with Gasteiger partial charge in [0.05, 0.1) is 12.7 Å². The molecule has 0 N–H and O–H groups in total. The second kappa shape index (κ2) is 4.73. The fourth-order valence-electron chi connectivity index (χ4n) is 1.91. The Balaban J connectivity index is 2.06. The summed E-state index contributed by atoms with van der Waals surface area (Å²) in [4.78, 5) is 18.0. The number of amides is 1. The van der Waals surface area contributed by atoms with E-state index in [-0.39, 0.29) is 5.91 Å². The van der Waals surface area contributed by atoms with Crippen LogP contribution in [0.5, 0.6) is 5.88 Å². The molecule has 0 saturated heterocycles. The minimum atomic E-state index is 0.0274. The lowest BCUT2D eigenvalue weighted by atomic mass is 10.1. The Kier molecular flexibility index (Phi) is 3.31. The second-order valence-corrected chi connectivity index (χ2v) is 4.58. The first-order chi connectivity index (χ1) is 8.13. The Hall–Kier alpha value is -1.58. The second-order valence-electron chi connectivity index (χ2n) is 4.58. The van der Waals surface area contributed by atoms with Crippen molar-refractivity contribution in [3.05, 3.63) is 23.9 Å². The number of aromatic nitrogens is 1. The molecule has 1 atom stereocenters. The van der Waals surface area contributed by atoms with Gasteiger partial charge in [0.25, 0.3) is 5.91 Å². The zero-order valence-electron chi connectivity index (χ0n) is 10.5. The highest BCUT2D eigenvalue weighted by Gasteiger charge is 2.32. The highest BCUT2D eigenvalue weighted by molar-refractivity contribution is 5.94. The lowest BCUT2D eigenvalue weighted by molar-refractivity contribution is 0.0727. The molecular formula is C13H18N2O2. The van der Waals surface area contributed by atoms with E-state index in [1.165, 1.54) is 12.8 Å². The molecule has 1 fully saturated rings. The van der Waals surface area contributed by atoms with Gasteiger partial charge < -0.3 is 9.64 Å². The van der Waals surface area contributed by atoms with Gasteiger partial charge in [-0.15, -0.1) is 0 Å². The largest absolute Gasteiger partial charge is 0.481 e. The van der Waals surface area contributed by atoms with Crippen molar-refractivity contribution in [2.24, 2.45) is 5.92 Å². The van der Waals surface area contributed by atoms with Crippen LogP contribution in [0.1, 0.15) is 30.1 Å². The first-order valence-corrected chi connectivity index (χ1v) is 5.90. The maximum absolute atomic E-state index is 12.2. The summed E-state index contributed by atoms with van der Waals surface area (Å²) in [5.41, 5.74) is 0.612. The van der Waals surface area contributed by atoms with Crippen LogP contribution in [0.25, 0.3) is 0 Å². The fraction of sp³-hybridized carbons (Fsp3) is 0.538. The molecular weight excluding hydrogens is 216 g/mol. The van der Waals surface area contributed by atoms with Crippen molar-refractivity contribution in [3.63, 3.8) is 0 Å². The molecule has 2 rings (SSSR count). The normalized spacial score (nSPS) is 16.4. The molecule has 0 radical (unpaired) electrons. The predicted molar refractivity (Wildman–Crippen MR) is 65.1 cm³/mol. The summed E-state index contributed by atoms with van der Waals surface area (Å²) in [6.45, 7) is 2.10. The fourth-order valence-corrected chi connectivity index (χ4v) is 1.91. The third-order valence-corrected chi connectivity index (χ3v) is 3.43. The van der Waals surface area contributed by atoms with Gasteiger partial charge in [-0.1, -0.05) is 0 Å². The molecule has 1 unspecified atom stereocenters. The molecule has 1 amide bonds. The summed E-state index contributed by atoms with van der Waals surface area (Å²) < 4.78 is 4.97. The van der Waals surface area contributed by atoms with Gasteiger partial charge >= 0.3 is 0 Å². The van der Waals surface area contributed by atoms with Crippen LogP contribution in [0.4, 0.5) is 0 Å². The van der Waals surface area contributed by atoms with Crippen molar-refractivity contribution in [1.29, 1.82) is 0 Å². The van der Waals surface area contributed by atoms with Crippen LogP contribution in [-0.4, -0.2) is 36.0 Å². The van der Waals surface area contributed by atoms with Gasteiger partial charge in [0.1, 0.15) is 0 Å². The number of pyridine rings is 1. The molecule has 17 heavy (non-hydrogen) atoms. The van der Waals surface area contributed by atoms with Crippen molar-refractivity contribution in [2.45, 2.75) is 25.8 Å². The monoisotopic (exact) mass is 234 g/mol. The van der Waals surface area contributed by atoms with Crippen LogP contribution in [-0.2, 0) is 0 Å². The number of carbonyl (C=O) groups excluding carboxylic acids is 1. The molecule has 0 aliphatic heterocycles. The predicted octanol–water partition coefficient (Wildman–Crippen LogP) is 1.96. The Bertz CT molecular complexity index is 398. The first kappa shape index (κ1) is 11.9. The lowest BCUT2D eigenvalue weighted by Crippen LogP contribution is -2.36. The number of nitrogens with zero attached hydrogens (tertiary/aromatic N) is 2. The van der Waals surface area contributed by atoms with E-state index in [9.17, 15) is 4.79 Å². The lowest BCUT2D eigenvalue weighted by Gasteiger charge is -2.24. The maximum atomic E-state index is 12.2. The highest BCUT2D eigenvalue weighted by atomic mass is 16.5. The summed E-state index contributed by atoms with van der Waals surface area (Å²) in [6, 6.07) is 3.78. The molecule has 0 aromatic carbocycles. The molecule has 1 aliphatic rings. The van der Waals surface area contributed by atoms with E-state index in [1.54, 1.807) is 30.3 Å². The van der Waals surface area contributed by atoms with Crippen LogP contribution in [0.15, 0.2) is 18.3 Å². The molecule has 1 heterocycles. The number of methoxy groups -OCH3 is 1. The Morgan fingerprint density at radius 3 is 2.71 bits per heavy atom. The van der Waals surface area contributed by atoms with E-state index < -0.39 is 0 Å². The third kappa shape index (κ3) is 2.57. The Morgan fingerprint density at radius 1 is 1.53 bits per heavy atom. The minimum Gasteiger partial charge on any atom is -0.481 e. The molecule has 0 spiro atoms. The summed E-state index contributed by atoms with van der Waals surface area (Å²) >= 11 is 0. The van der Waals surface area contributed by atoms with Crippen LogP contribution in [0, 0.1) is 5.92 Å². The Labute approximate surface area is 102 Å². The third-order valence-electron chi connectivity index (χ3n) is 3.43. The van der Waals surface area contributed by atoms with Crippen LogP contribution >= 0.6 is 0 Å². The van der Waals surface area contributed by atoms with Crippen LogP contribution < -0.4 is 4.74 Å². The summed E-state index contributed by atoms with van der Waals surface area (Å²) in [5.74, 6) is 1.23. The number of ether oxygens (including phenoxy) is 1. The summed E-state index contributed by atoms with van der Waals surface area (Å²) in [5, 5.41) is 0. The van der Waals surface area contributed by atoms with Crippen molar-refractivity contribution in [3.8, 4) is 5.88 Å². The number of carbonyl (C=O) groups is 1. The number of hydrogen-bond acceptors (Lipinski definition) is 3. The van der Waals surface area contributed by atoms with Gasteiger partial charge in [0.2, 0.25) is 5.88 Å². The van der Waals surface area contributed by atoms with Gasteiger partial charge in [-0.25, -0.2) is 4.98 Å². The molecule has 92 valence electrons. The maximum Gasteiger partial charge on any atom is 0.255 e. The van der Waals surface area contributed by atoms with Gasteiger partial charge in [-0.2, -0.15) is 0 Å². The van der Waals surface area contributed by atoms with Crippen molar-refractivity contribution in [2.75, 3.05) is 14.2 Å². The quantitative estimate of drug-likeness (QED) is 0.799.